The van der Waals surface area contributed by atoms with Gasteiger partial charge in [0.15, 0.2) is 0 Å². The highest BCUT2D eigenvalue weighted by Gasteiger charge is 2.27. The lowest BCUT2D eigenvalue weighted by molar-refractivity contribution is 0.0730. The molecule has 0 bridgehead atoms. The van der Waals surface area contributed by atoms with Crippen LogP contribution in [0.1, 0.15) is 17.3 Å². The van der Waals surface area contributed by atoms with Gasteiger partial charge in [-0.1, -0.05) is 11.6 Å². The number of sulfonamides is 1. The molecule has 0 unspecified atom stereocenters. The number of benzene rings is 2. The van der Waals surface area contributed by atoms with E-state index in [9.17, 15) is 13.2 Å². The van der Waals surface area contributed by atoms with Crippen molar-refractivity contribution in [3.63, 3.8) is 0 Å². The molecule has 0 spiro atoms. The average molecular weight is 425 g/mol. The second kappa shape index (κ2) is 8.91. The second-order valence-corrected chi connectivity index (χ2v) is 8.41. The highest BCUT2D eigenvalue weighted by atomic mass is 35.5. The van der Waals surface area contributed by atoms with E-state index in [1.165, 1.54) is 22.5 Å². The number of hydrogen-bond acceptors (Lipinski definition) is 5. The lowest BCUT2D eigenvalue weighted by Crippen LogP contribution is -2.40. The van der Waals surface area contributed by atoms with Crippen molar-refractivity contribution >= 4 is 33.2 Å². The van der Waals surface area contributed by atoms with Crippen molar-refractivity contribution in [2.75, 3.05) is 38.2 Å². The van der Waals surface area contributed by atoms with Gasteiger partial charge in [-0.05, 0) is 49.4 Å². The van der Waals surface area contributed by atoms with Gasteiger partial charge in [-0.2, -0.15) is 4.31 Å². The minimum absolute atomic E-state index is 0.0237. The Hall–Kier alpha value is -2.13. The normalized spacial score (nSPS) is 15.2. The number of amides is 1. The largest absolute Gasteiger partial charge is 0.494 e. The predicted octanol–water partition coefficient (Wildman–Crippen LogP) is 3.01. The fourth-order valence-corrected chi connectivity index (χ4v) is 4.41. The Morgan fingerprint density at radius 3 is 2.50 bits per heavy atom. The van der Waals surface area contributed by atoms with E-state index in [4.69, 9.17) is 21.1 Å². The van der Waals surface area contributed by atoms with Crippen LogP contribution in [0.3, 0.4) is 0 Å². The first-order chi connectivity index (χ1) is 13.4. The summed E-state index contributed by atoms with van der Waals surface area (Å²) in [4.78, 5) is 12.7. The number of ether oxygens (including phenoxy) is 2. The zero-order chi connectivity index (χ0) is 20.1. The molecule has 0 aliphatic carbocycles. The lowest BCUT2D eigenvalue weighted by Gasteiger charge is -2.26. The van der Waals surface area contributed by atoms with Crippen LogP contribution in [0.25, 0.3) is 0 Å². The van der Waals surface area contributed by atoms with Crippen LogP contribution in [0.2, 0.25) is 5.02 Å². The molecule has 28 heavy (non-hydrogen) atoms. The molecule has 1 aliphatic heterocycles. The smallest absolute Gasteiger partial charge is 0.257 e. The molecule has 2 aromatic rings. The summed E-state index contributed by atoms with van der Waals surface area (Å²) in [5, 5.41) is 2.89. The van der Waals surface area contributed by atoms with Gasteiger partial charge in [0.05, 0.1) is 35.3 Å². The number of nitrogens with zero attached hydrogens (tertiary/aromatic N) is 1. The van der Waals surface area contributed by atoms with Crippen LogP contribution >= 0.6 is 11.6 Å². The molecule has 0 saturated carbocycles. The number of nitrogens with one attached hydrogen (secondary N) is 1. The zero-order valence-electron chi connectivity index (χ0n) is 15.4. The topological polar surface area (TPSA) is 84.9 Å². The summed E-state index contributed by atoms with van der Waals surface area (Å²) in [6.07, 6.45) is 0. The molecule has 150 valence electrons. The Kier molecular flexibility index (Phi) is 6.56. The molecule has 1 amide bonds. The number of morpholine rings is 1. The predicted molar refractivity (Wildman–Crippen MR) is 107 cm³/mol. The number of rotatable bonds is 6. The van der Waals surface area contributed by atoms with Gasteiger partial charge in [0.25, 0.3) is 5.91 Å². The van der Waals surface area contributed by atoms with Crippen LogP contribution in [0.15, 0.2) is 47.4 Å². The summed E-state index contributed by atoms with van der Waals surface area (Å²) in [7, 11) is -3.72. The molecular weight excluding hydrogens is 404 g/mol. The van der Waals surface area contributed by atoms with Crippen molar-refractivity contribution in [1.82, 2.24) is 4.31 Å². The summed E-state index contributed by atoms with van der Waals surface area (Å²) in [5.74, 6) is 0.199. The van der Waals surface area contributed by atoms with Crippen molar-refractivity contribution in [3.05, 3.63) is 53.1 Å². The fraction of sp³-hybridized carbons (Fsp3) is 0.316. The van der Waals surface area contributed by atoms with Crippen LogP contribution in [-0.4, -0.2) is 51.5 Å². The third-order valence-corrected chi connectivity index (χ3v) is 6.44. The molecule has 1 aliphatic rings. The maximum absolute atomic E-state index is 12.8. The van der Waals surface area contributed by atoms with Gasteiger partial charge < -0.3 is 14.8 Å². The van der Waals surface area contributed by atoms with E-state index in [2.05, 4.69) is 5.32 Å². The molecule has 7 nitrogen and oxygen atoms in total. The quantitative estimate of drug-likeness (QED) is 0.770. The Labute approximate surface area is 169 Å². The maximum Gasteiger partial charge on any atom is 0.257 e. The molecule has 2 aromatic carbocycles. The minimum Gasteiger partial charge on any atom is -0.494 e. The first-order valence-corrected chi connectivity index (χ1v) is 10.7. The summed E-state index contributed by atoms with van der Waals surface area (Å²) in [5.41, 5.74) is 0.635. The zero-order valence-corrected chi connectivity index (χ0v) is 16.9. The third kappa shape index (κ3) is 4.64. The van der Waals surface area contributed by atoms with Crippen molar-refractivity contribution in [2.24, 2.45) is 0 Å². The van der Waals surface area contributed by atoms with Crippen LogP contribution in [0.4, 0.5) is 5.69 Å². The summed E-state index contributed by atoms with van der Waals surface area (Å²) in [6, 6.07) is 11.0. The number of carbonyl (C=O) groups is 1. The molecule has 0 atom stereocenters. The summed E-state index contributed by atoms with van der Waals surface area (Å²) < 4.78 is 37.5. The fourth-order valence-electron chi connectivity index (χ4n) is 2.77. The molecular formula is C19H21ClN2O5S. The standard InChI is InChI=1S/C19H21ClN2O5S/c1-2-27-15-5-3-14(4-6-15)21-19(23)17-13-16(7-8-18(17)20)28(24,25)22-9-11-26-12-10-22/h3-8,13H,2,9-12H2,1H3,(H,21,23). The first-order valence-electron chi connectivity index (χ1n) is 8.83. The van der Waals surface area contributed by atoms with Crippen molar-refractivity contribution in [3.8, 4) is 5.75 Å². The van der Waals surface area contributed by atoms with Gasteiger partial charge in [-0.15, -0.1) is 0 Å². The summed E-state index contributed by atoms with van der Waals surface area (Å²) in [6.45, 7) is 3.68. The van der Waals surface area contributed by atoms with Crippen molar-refractivity contribution in [1.29, 1.82) is 0 Å². The van der Waals surface area contributed by atoms with Gasteiger partial charge in [-0.3, -0.25) is 4.79 Å². The summed E-state index contributed by atoms with van der Waals surface area (Å²) >= 11 is 6.15. The Morgan fingerprint density at radius 1 is 1.18 bits per heavy atom. The molecule has 1 heterocycles. The molecule has 0 radical (unpaired) electrons. The SMILES string of the molecule is CCOc1ccc(NC(=O)c2cc(S(=O)(=O)N3CCOCC3)ccc2Cl)cc1. The molecule has 1 saturated heterocycles. The van der Waals surface area contributed by atoms with Crippen LogP contribution < -0.4 is 10.1 Å². The van der Waals surface area contributed by atoms with Gasteiger partial charge in [0.1, 0.15) is 5.75 Å². The van der Waals surface area contributed by atoms with E-state index >= 15 is 0 Å². The van der Waals surface area contributed by atoms with E-state index < -0.39 is 15.9 Å². The number of carbonyl (C=O) groups excluding carboxylic acids is 1. The number of halogens is 1. The van der Waals surface area contributed by atoms with Gasteiger partial charge in [0.2, 0.25) is 10.0 Å². The molecule has 9 heteroatoms. The Bertz CT molecular complexity index is 941. The van der Waals surface area contributed by atoms with Crippen molar-refractivity contribution in [2.45, 2.75) is 11.8 Å². The number of hydrogen-bond donors (Lipinski definition) is 1. The highest BCUT2D eigenvalue weighted by molar-refractivity contribution is 7.89. The van der Waals surface area contributed by atoms with Gasteiger partial charge >= 0.3 is 0 Å². The van der Waals surface area contributed by atoms with Gasteiger partial charge in [-0.25, -0.2) is 8.42 Å². The lowest BCUT2D eigenvalue weighted by atomic mass is 10.2. The van der Waals surface area contributed by atoms with E-state index in [0.717, 1.165) is 0 Å². The van der Waals surface area contributed by atoms with Crippen LogP contribution in [0.5, 0.6) is 5.75 Å². The third-order valence-electron chi connectivity index (χ3n) is 4.21. The molecule has 0 aromatic heterocycles. The van der Waals surface area contributed by atoms with E-state index in [1.54, 1.807) is 24.3 Å². The van der Waals surface area contributed by atoms with Crippen LogP contribution in [-0.2, 0) is 14.8 Å². The van der Waals surface area contributed by atoms with Gasteiger partial charge in [0, 0.05) is 18.8 Å². The van der Waals surface area contributed by atoms with E-state index in [-0.39, 0.29) is 28.6 Å². The molecule has 1 fully saturated rings. The second-order valence-electron chi connectivity index (χ2n) is 6.07. The van der Waals surface area contributed by atoms with E-state index in [1.807, 2.05) is 6.92 Å². The monoisotopic (exact) mass is 424 g/mol. The number of anilines is 1. The van der Waals surface area contributed by atoms with Crippen molar-refractivity contribution < 1.29 is 22.7 Å². The van der Waals surface area contributed by atoms with Crippen LogP contribution in [0, 0.1) is 0 Å². The Balaban J connectivity index is 1.81. The molecule has 1 N–H and O–H groups in total. The highest BCUT2D eigenvalue weighted by Crippen LogP contribution is 2.25. The molecule has 3 rings (SSSR count). The average Bonchev–Trinajstić information content (AvgIpc) is 2.70. The maximum atomic E-state index is 12.8. The Morgan fingerprint density at radius 2 is 1.86 bits per heavy atom. The minimum atomic E-state index is -3.72. The van der Waals surface area contributed by atoms with E-state index in [0.29, 0.717) is 31.3 Å². The first kappa shape index (κ1) is 20.6.